The van der Waals surface area contributed by atoms with E-state index in [0.717, 1.165) is 16.9 Å². The van der Waals surface area contributed by atoms with Crippen LogP contribution >= 0.6 is 11.8 Å². The van der Waals surface area contributed by atoms with Crippen molar-refractivity contribution in [3.05, 3.63) is 70.2 Å². The highest BCUT2D eigenvalue weighted by molar-refractivity contribution is 8.06. The molecule has 1 saturated heterocycles. The van der Waals surface area contributed by atoms with Crippen LogP contribution in [0.15, 0.2) is 59.0 Å². The lowest BCUT2D eigenvalue weighted by Crippen LogP contribution is -2.23. The lowest BCUT2D eigenvalue weighted by molar-refractivity contribution is -0.113. The number of fused-ring (bicyclic) bond motifs is 1. The lowest BCUT2D eigenvalue weighted by Gasteiger charge is -2.06. The predicted molar refractivity (Wildman–Crippen MR) is 81.8 cm³/mol. The van der Waals surface area contributed by atoms with Crippen molar-refractivity contribution in [3.63, 3.8) is 0 Å². The van der Waals surface area contributed by atoms with Crippen LogP contribution in [0.3, 0.4) is 0 Å². The van der Waals surface area contributed by atoms with Crippen molar-refractivity contribution in [1.82, 2.24) is 0 Å². The molecule has 100 valence electrons. The largest absolute Gasteiger partial charge is 0.292 e. The van der Waals surface area contributed by atoms with E-state index in [0.29, 0.717) is 11.1 Å². The molecule has 1 aliphatic heterocycles. The van der Waals surface area contributed by atoms with Crippen molar-refractivity contribution < 1.29 is 9.59 Å². The van der Waals surface area contributed by atoms with Gasteiger partial charge < -0.3 is 0 Å². The standard InChI is InChI=1S/C17H14O2S/c1-11-6-5-7-12(10-11)15(18)17-16(19)13-8-3-2-4-9-14(13)20-17/h2-3,5-10,17H,4H2,1H3. The highest BCUT2D eigenvalue weighted by atomic mass is 32.2. The predicted octanol–water partition coefficient (Wildman–Crippen LogP) is 3.63. The molecule has 0 spiro atoms. The normalized spacial score (nSPS) is 21.1. The molecule has 1 aliphatic carbocycles. The maximum Gasteiger partial charge on any atom is 0.185 e. The van der Waals surface area contributed by atoms with Crippen molar-refractivity contribution in [3.8, 4) is 0 Å². The van der Waals surface area contributed by atoms with Crippen LogP contribution in [0.4, 0.5) is 0 Å². The molecule has 0 aromatic heterocycles. The number of ketones is 2. The molecule has 2 nitrogen and oxygen atoms in total. The fourth-order valence-corrected chi connectivity index (χ4v) is 3.59. The van der Waals surface area contributed by atoms with Crippen LogP contribution < -0.4 is 0 Å². The number of allylic oxidation sites excluding steroid dienone is 5. The first-order valence-corrected chi connectivity index (χ1v) is 7.44. The minimum Gasteiger partial charge on any atom is -0.292 e. The topological polar surface area (TPSA) is 34.1 Å². The van der Waals surface area contributed by atoms with Gasteiger partial charge in [0.15, 0.2) is 11.6 Å². The molecule has 0 amide bonds. The van der Waals surface area contributed by atoms with E-state index in [1.807, 2.05) is 49.4 Å². The number of aryl methyl sites for hydroxylation is 1. The van der Waals surface area contributed by atoms with Gasteiger partial charge in [0.1, 0.15) is 5.25 Å². The van der Waals surface area contributed by atoms with Gasteiger partial charge in [0.05, 0.1) is 0 Å². The van der Waals surface area contributed by atoms with E-state index in [9.17, 15) is 9.59 Å². The number of carbonyl (C=O) groups excluding carboxylic acids is 2. The maximum atomic E-state index is 12.5. The lowest BCUT2D eigenvalue weighted by atomic mass is 10.00. The van der Waals surface area contributed by atoms with Gasteiger partial charge in [0.25, 0.3) is 0 Å². The quantitative estimate of drug-likeness (QED) is 0.613. The Morgan fingerprint density at radius 2 is 2.20 bits per heavy atom. The molecule has 20 heavy (non-hydrogen) atoms. The third-order valence-electron chi connectivity index (χ3n) is 3.39. The Balaban J connectivity index is 1.93. The van der Waals surface area contributed by atoms with E-state index in [-0.39, 0.29) is 11.6 Å². The Hall–Kier alpha value is -1.87. The molecule has 1 atom stereocenters. The van der Waals surface area contributed by atoms with Gasteiger partial charge in [0, 0.05) is 16.0 Å². The fraction of sp³-hybridized carbons (Fsp3) is 0.176. The minimum atomic E-state index is -0.624. The average Bonchev–Trinajstić information content (AvgIpc) is 2.64. The van der Waals surface area contributed by atoms with Crippen LogP contribution in [0.2, 0.25) is 0 Å². The fourth-order valence-electron chi connectivity index (χ4n) is 2.37. The van der Waals surface area contributed by atoms with Gasteiger partial charge in [-0.05, 0) is 19.4 Å². The van der Waals surface area contributed by atoms with Gasteiger partial charge >= 0.3 is 0 Å². The Morgan fingerprint density at radius 3 is 3.00 bits per heavy atom. The Labute approximate surface area is 122 Å². The average molecular weight is 282 g/mol. The Bertz CT molecular complexity index is 680. The third-order valence-corrected chi connectivity index (χ3v) is 4.70. The summed E-state index contributed by atoms with van der Waals surface area (Å²) in [7, 11) is 0. The van der Waals surface area contributed by atoms with Crippen LogP contribution in [0.5, 0.6) is 0 Å². The van der Waals surface area contributed by atoms with Gasteiger partial charge in [-0.15, -0.1) is 11.8 Å². The second-order valence-electron chi connectivity index (χ2n) is 4.91. The molecular weight excluding hydrogens is 268 g/mol. The van der Waals surface area contributed by atoms with E-state index in [2.05, 4.69) is 0 Å². The zero-order chi connectivity index (χ0) is 14.1. The van der Waals surface area contributed by atoms with Gasteiger partial charge in [-0.3, -0.25) is 9.59 Å². The monoisotopic (exact) mass is 282 g/mol. The molecule has 1 aromatic rings. The van der Waals surface area contributed by atoms with Gasteiger partial charge in [-0.2, -0.15) is 0 Å². The van der Waals surface area contributed by atoms with E-state index in [1.165, 1.54) is 11.8 Å². The van der Waals surface area contributed by atoms with E-state index in [1.54, 1.807) is 6.07 Å². The summed E-state index contributed by atoms with van der Waals surface area (Å²) in [6, 6.07) is 7.42. The SMILES string of the molecule is Cc1cccc(C(=O)C2SC3=CCC=CC=C3C2=O)c1. The van der Waals surface area contributed by atoms with Gasteiger partial charge in [-0.1, -0.05) is 48.1 Å². The summed E-state index contributed by atoms with van der Waals surface area (Å²) in [5.74, 6) is -0.165. The number of hydrogen-bond donors (Lipinski definition) is 0. The number of Topliss-reactive ketones (excluding diaryl/α,β-unsaturated/α-hetero) is 2. The smallest absolute Gasteiger partial charge is 0.185 e. The molecule has 1 unspecified atom stereocenters. The summed E-state index contributed by atoms with van der Waals surface area (Å²) in [6.07, 6.45) is 8.53. The molecule has 0 saturated carbocycles. The van der Waals surface area contributed by atoms with Crippen molar-refractivity contribution in [2.75, 3.05) is 0 Å². The number of hydrogen-bond acceptors (Lipinski definition) is 3. The summed E-state index contributed by atoms with van der Waals surface area (Å²) in [6.45, 7) is 1.94. The Kier molecular flexibility index (Phi) is 3.45. The highest BCUT2D eigenvalue weighted by Crippen LogP contribution is 2.41. The molecule has 1 fully saturated rings. The summed E-state index contributed by atoms with van der Waals surface area (Å²) >= 11 is 1.38. The van der Waals surface area contributed by atoms with Gasteiger partial charge in [-0.25, -0.2) is 0 Å². The maximum absolute atomic E-state index is 12.5. The van der Waals surface area contributed by atoms with Gasteiger partial charge in [0.2, 0.25) is 0 Å². The zero-order valence-electron chi connectivity index (χ0n) is 11.1. The van der Waals surface area contributed by atoms with E-state index < -0.39 is 5.25 Å². The third kappa shape index (κ3) is 2.29. The summed E-state index contributed by atoms with van der Waals surface area (Å²) < 4.78 is 0. The number of carbonyl (C=O) groups is 2. The highest BCUT2D eigenvalue weighted by Gasteiger charge is 2.39. The zero-order valence-corrected chi connectivity index (χ0v) is 11.9. The molecule has 3 rings (SSSR count). The molecule has 0 bridgehead atoms. The molecule has 3 heteroatoms. The number of thioether (sulfide) groups is 1. The first-order chi connectivity index (χ1) is 9.66. The van der Waals surface area contributed by atoms with E-state index in [4.69, 9.17) is 0 Å². The molecule has 0 N–H and O–H groups in total. The van der Waals surface area contributed by atoms with Crippen LogP contribution in [-0.4, -0.2) is 16.8 Å². The molecular formula is C17H14O2S. The van der Waals surface area contributed by atoms with Crippen LogP contribution in [-0.2, 0) is 4.79 Å². The van der Waals surface area contributed by atoms with Crippen LogP contribution in [0, 0.1) is 6.92 Å². The van der Waals surface area contributed by atoms with Crippen molar-refractivity contribution >= 4 is 23.3 Å². The number of rotatable bonds is 2. The second-order valence-corrected chi connectivity index (χ2v) is 6.06. The summed E-state index contributed by atoms with van der Waals surface area (Å²) in [5, 5.41) is -0.624. The van der Waals surface area contributed by atoms with Crippen LogP contribution in [0.1, 0.15) is 22.3 Å². The van der Waals surface area contributed by atoms with Crippen molar-refractivity contribution in [1.29, 1.82) is 0 Å². The Morgan fingerprint density at radius 1 is 1.35 bits per heavy atom. The summed E-state index contributed by atoms with van der Waals surface area (Å²) in [5.41, 5.74) is 2.32. The molecule has 1 heterocycles. The molecule has 2 aliphatic rings. The minimum absolute atomic E-state index is 0.0701. The molecule has 1 aromatic carbocycles. The van der Waals surface area contributed by atoms with Crippen molar-refractivity contribution in [2.45, 2.75) is 18.6 Å². The van der Waals surface area contributed by atoms with E-state index >= 15 is 0 Å². The van der Waals surface area contributed by atoms with Crippen LogP contribution in [0.25, 0.3) is 0 Å². The first kappa shape index (κ1) is 13.1. The first-order valence-electron chi connectivity index (χ1n) is 6.56. The second kappa shape index (κ2) is 5.25. The number of benzene rings is 1. The van der Waals surface area contributed by atoms with Crippen molar-refractivity contribution in [2.24, 2.45) is 0 Å². The molecule has 0 radical (unpaired) electrons. The summed E-state index contributed by atoms with van der Waals surface area (Å²) in [4.78, 5) is 25.9.